The lowest BCUT2D eigenvalue weighted by Crippen LogP contribution is -2.36. The van der Waals surface area contributed by atoms with Crippen LogP contribution in [-0.2, 0) is 6.42 Å². The van der Waals surface area contributed by atoms with Crippen LogP contribution in [0.5, 0.6) is 0 Å². The molecular weight excluding hydrogens is 422 g/mol. The molecule has 0 bridgehead atoms. The number of imidazole rings is 1. The summed E-state index contributed by atoms with van der Waals surface area (Å²) in [6, 6.07) is 10.5. The number of benzene rings is 1. The first-order valence-corrected chi connectivity index (χ1v) is 11.7. The van der Waals surface area contributed by atoms with Crippen LogP contribution in [0.1, 0.15) is 36.9 Å². The SMILES string of the molecule is O[C@@H]1CCCC[C@H]1Nc1nc2ccc(Cc3cnc4cc(-n5cncn5)ccn34)cc2s1. The number of anilines is 1. The van der Waals surface area contributed by atoms with Crippen molar-refractivity contribution in [1.29, 1.82) is 0 Å². The number of hydrogen-bond acceptors (Lipinski definition) is 7. The molecule has 4 aromatic heterocycles. The van der Waals surface area contributed by atoms with E-state index in [1.165, 1.54) is 11.9 Å². The molecule has 4 heterocycles. The highest BCUT2D eigenvalue weighted by Crippen LogP contribution is 2.30. The number of fused-ring (bicyclic) bond motifs is 2. The highest BCUT2D eigenvalue weighted by atomic mass is 32.1. The van der Waals surface area contributed by atoms with Crippen LogP contribution in [0.2, 0.25) is 0 Å². The van der Waals surface area contributed by atoms with E-state index in [4.69, 9.17) is 4.98 Å². The predicted molar refractivity (Wildman–Crippen MR) is 124 cm³/mol. The van der Waals surface area contributed by atoms with Crippen molar-refractivity contribution in [3.8, 4) is 5.69 Å². The minimum Gasteiger partial charge on any atom is -0.391 e. The molecule has 0 radical (unpaired) electrons. The fourth-order valence-corrected chi connectivity index (χ4v) is 5.42. The van der Waals surface area contributed by atoms with Crippen molar-refractivity contribution in [2.45, 2.75) is 44.2 Å². The molecule has 1 aliphatic carbocycles. The van der Waals surface area contributed by atoms with Gasteiger partial charge in [-0.25, -0.2) is 19.6 Å². The molecule has 1 fully saturated rings. The van der Waals surface area contributed by atoms with Crippen molar-refractivity contribution < 1.29 is 5.11 Å². The molecular formula is C23H23N7OS. The van der Waals surface area contributed by atoms with Crippen molar-refractivity contribution in [2.75, 3.05) is 5.32 Å². The fraction of sp³-hybridized carbons (Fsp3) is 0.304. The minimum absolute atomic E-state index is 0.101. The van der Waals surface area contributed by atoms with Crippen LogP contribution in [0, 0.1) is 0 Å². The van der Waals surface area contributed by atoms with Crippen molar-refractivity contribution in [2.24, 2.45) is 0 Å². The molecule has 9 heteroatoms. The molecule has 6 rings (SSSR count). The average molecular weight is 446 g/mol. The van der Waals surface area contributed by atoms with Crippen molar-refractivity contribution in [3.63, 3.8) is 0 Å². The topological polar surface area (TPSA) is 93.2 Å². The van der Waals surface area contributed by atoms with Gasteiger partial charge in [-0.1, -0.05) is 30.2 Å². The summed E-state index contributed by atoms with van der Waals surface area (Å²) in [6.45, 7) is 0. The Bertz CT molecular complexity index is 1370. The number of aliphatic hydroxyl groups is 1. The number of thiazole rings is 1. The first-order valence-electron chi connectivity index (χ1n) is 10.9. The maximum Gasteiger partial charge on any atom is 0.184 e. The molecule has 1 saturated carbocycles. The second kappa shape index (κ2) is 7.99. The third-order valence-electron chi connectivity index (χ3n) is 6.13. The van der Waals surface area contributed by atoms with Crippen molar-refractivity contribution >= 4 is 32.3 Å². The number of pyridine rings is 1. The zero-order chi connectivity index (χ0) is 21.5. The Morgan fingerprint density at radius 2 is 2.09 bits per heavy atom. The minimum atomic E-state index is -0.286. The molecule has 0 aliphatic heterocycles. The van der Waals surface area contributed by atoms with Gasteiger partial charge in [-0.2, -0.15) is 5.10 Å². The van der Waals surface area contributed by atoms with Crippen LogP contribution in [0.25, 0.3) is 21.6 Å². The van der Waals surface area contributed by atoms with E-state index in [0.29, 0.717) is 0 Å². The monoisotopic (exact) mass is 445 g/mol. The fourth-order valence-electron chi connectivity index (χ4n) is 4.43. The van der Waals surface area contributed by atoms with Crippen LogP contribution in [0.3, 0.4) is 0 Å². The predicted octanol–water partition coefficient (Wildman–Crippen LogP) is 3.83. The quantitative estimate of drug-likeness (QED) is 0.427. The smallest absolute Gasteiger partial charge is 0.184 e. The van der Waals surface area contributed by atoms with Gasteiger partial charge in [0.2, 0.25) is 0 Å². The van der Waals surface area contributed by atoms with E-state index in [1.807, 2.05) is 24.5 Å². The van der Waals surface area contributed by atoms with Crippen molar-refractivity contribution in [1.82, 2.24) is 29.1 Å². The normalized spacial score (nSPS) is 19.0. The zero-order valence-corrected chi connectivity index (χ0v) is 18.2. The van der Waals surface area contributed by atoms with E-state index < -0.39 is 0 Å². The van der Waals surface area contributed by atoms with Crippen LogP contribution >= 0.6 is 11.3 Å². The standard InChI is InChI=1S/C23H23N7OS/c31-20-4-2-1-3-18(20)27-23-28-19-6-5-15(10-21(19)32-23)9-17-12-25-22-11-16(7-8-29(17)22)30-14-24-13-26-30/h5-8,10-14,18,20,31H,1-4,9H2,(H,27,28)/t18-,20-/m1/s1. The van der Waals surface area contributed by atoms with E-state index in [2.05, 4.69) is 43.0 Å². The summed E-state index contributed by atoms with van der Waals surface area (Å²) in [6.07, 6.45) is 11.8. The molecule has 0 spiro atoms. The van der Waals surface area contributed by atoms with Gasteiger partial charge in [0.1, 0.15) is 18.3 Å². The summed E-state index contributed by atoms with van der Waals surface area (Å²) in [5, 5.41) is 18.8. The number of aliphatic hydroxyl groups excluding tert-OH is 1. The molecule has 2 N–H and O–H groups in total. The van der Waals surface area contributed by atoms with Crippen molar-refractivity contribution in [3.05, 3.63) is 66.6 Å². The first kappa shape index (κ1) is 19.4. The van der Waals surface area contributed by atoms with Gasteiger partial charge in [0.15, 0.2) is 5.13 Å². The maximum atomic E-state index is 10.2. The number of nitrogens with one attached hydrogen (secondary N) is 1. The summed E-state index contributed by atoms with van der Waals surface area (Å²) in [4.78, 5) is 13.3. The number of hydrogen-bond donors (Lipinski definition) is 2. The Labute approximate surface area is 188 Å². The lowest BCUT2D eigenvalue weighted by atomic mass is 9.93. The van der Waals surface area contributed by atoms with E-state index in [9.17, 15) is 5.11 Å². The molecule has 2 atom stereocenters. The number of rotatable bonds is 5. The Kier molecular flexibility index (Phi) is 4.84. The molecule has 0 unspecified atom stereocenters. The first-order chi connectivity index (χ1) is 15.7. The van der Waals surface area contributed by atoms with Crippen LogP contribution < -0.4 is 5.32 Å². The van der Waals surface area contributed by atoms with Gasteiger partial charge in [0.05, 0.1) is 28.0 Å². The van der Waals surface area contributed by atoms with Crippen LogP contribution in [-0.4, -0.2) is 46.4 Å². The van der Waals surface area contributed by atoms with Gasteiger partial charge in [0, 0.05) is 30.6 Å². The zero-order valence-electron chi connectivity index (χ0n) is 17.4. The highest BCUT2D eigenvalue weighted by Gasteiger charge is 2.23. The second-order valence-corrected chi connectivity index (χ2v) is 9.33. The summed E-state index contributed by atoms with van der Waals surface area (Å²) in [5.74, 6) is 0. The van der Waals surface area contributed by atoms with E-state index >= 15 is 0 Å². The van der Waals surface area contributed by atoms with E-state index in [1.54, 1.807) is 22.3 Å². The molecule has 32 heavy (non-hydrogen) atoms. The van der Waals surface area contributed by atoms with Crippen LogP contribution in [0.4, 0.5) is 5.13 Å². The van der Waals surface area contributed by atoms with Crippen LogP contribution in [0.15, 0.2) is 55.4 Å². The molecule has 1 aliphatic rings. The number of nitrogens with zero attached hydrogens (tertiary/aromatic N) is 6. The molecule has 5 aromatic rings. The Balaban J connectivity index is 1.23. The molecule has 0 amide bonds. The third-order valence-corrected chi connectivity index (χ3v) is 7.08. The Morgan fingerprint density at radius 1 is 1.16 bits per heavy atom. The Morgan fingerprint density at radius 3 is 2.97 bits per heavy atom. The molecule has 1 aromatic carbocycles. The van der Waals surface area contributed by atoms with E-state index in [0.717, 1.165) is 64.5 Å². The van der Waals surface area contributed by atoms with Gasteiger partial charge in [-0.05, 0) is 36.6 Å². The maximum absolute atomic E-state index is 10.2. The van der Waals surface area contributed by atoms with Gasteiger partial charge in [0.25, 0.3) is 0 Å². The largest absolute Gasteiger partial charge is 0.391 e. The molecule has 8 nitrogen and oxygen atoms in total. The lowest BCUT2D eigenvalue weighted by Gasteiger charge is -2.27. The van der Waals surface area contributed by atoms with E-state index in [-0.39, 0.29) is 12.1 Å². The highest BCUT2D eigenvalue weighted by molar-refractivity contribution is 7.22. The lowest BCUT2D eigenvalue weighted by molar-refractivity contribution is 0.116. The average Bonchev–Trinajstić information content (AvgIpc) is 3.55. The summed E-state index contributed by atoms with van der Waals surface area (Å²) < 4.78 is 4.98. The molecule has 162 valence electrons. The summed E-state index contributed by atoms with van der Waals surface area (Å²) >= 11 is 1.65. The van der Waals surface area contributed by atoms with Gasteiger partial charge in [-0.3, -0.25) is 0 Å². The van der Waals surface area contributed by atoms with Gasteiger partial charge < -0.3 is 14.8 Å². The van der Waals surface area contributed by atoms with Gasteiger partial charge in [-0.15, -0.1) is 0 Å². The third kappa shape index (κ3) is 3.63. The Hall–Kier alpha value is -3.30. The summed E-state index contributed by atoms with van der Waals surface area (Å²) in [5.41, 5.74) is 5.14. The summed E-state index contributed by atoms with van der Waals surface area (Å²) in [7, 11) is 0. The number of aromatic nitrogens is 6. The molecule has 0 saturated heterocycles. The van der Waals surface area contributed by atoms with Gasteiger partial charge >= 0.3 is 0 Å². The second-order valence-electron chi connectivity index (χ2n) is 8.30.